The molecule has 1 amide bonds. The number of alkyl halides is 3. The van der Waals surface area contributed by atoms with Gasteiger partial charge in [-0.1, -0.05) is 6.07 Å². The van der Waals surface area contributed by atoms with E-state index in [1.54, 1.807) is 6.20 Å². The number of halogens is 3. The average molecular weight is 387 g/mol. The summed E-state index contributed by atoms with van der Waals surface area (Å²) in [5, 5.41) is 18.2. The Morgan fingerprint density at radius 2 is 2.11 bits per heavy atom. The lowest BCUT2D eigenvalue weighted by molar-refractivity contribution is -0.137. The van der Waals surface area contributed by atoms with E-state index < -0.39 is 24.3 Å². The van der Waals surface area contributed by atoms with Crippen LogP contribution in [0.4, 0.5) is 18.9 Å². The Bertz CT molecular complexity index is 1030. The van der Waals surface area contributed by atoms with Crippen LogP contribution >= 0.6 is 0 Å². The molecule has 0 spiro atoms. The smallest absolute Gasteiger partial charge is 0.416 e. The quantitative estimate of drug-likeness (QED) is 0.699. The van der Waals surface area contributed by atoms with Crippen molar-refractivity contribution in [3.63, 3.8) is 0 Å². The standard InChI is InChI=1S/C18H12F3N5O2/c19-18(20,21)13-2-1-3-15(5-13)28-10-16(27)26-14-4-11(6-22)17(23-9-14)12-7-24-25-8-12/h1-5,7-9H,10H2,(H,24,25)(H,26,27). The molecule has 0 saturated carbocycles. The predicted octanol–water partition coefficient (Wildman–Crippen LogP) is 3.38. The molecule has 2 aromatic heterocycles. The van der Waals surface area contributed by atoms with Crippen molar-refractivity contribution in [1.82, 2.24) is 15.2 Å². The Hall–Kier alpha value is -3.87. The first-order chi connectivity index (χ1) is 13.4. The van der Waals surface area contributed by atoms with Crippen molar-refractivity contribution >= 4 is 11.6 Å². The Morgan fingerprint density at radius 1 is 1.29 bits per heavy atom. The molecule has 0 radical (unpaired) electrons. The van der Waals surface area contributed by atoms with Gasteiger partial charge in [-0.2, -0.15) is 23.5 Å². The van der Waals surface area contributed by atoms with E-state index in [9.17, 15) is 23.2 Å². The van der Waals surface area contributed by atoms with Crippen LogP contribution in [0.2, 0.25) is 0 Å². The Labute approximate surface area is 156 Å². The highest BCUT2D eigenvalue weighted by molar-refractivity contribution is 5.92. The third-order valence-electron chi connectivity index (χ3n) is 3.59. The number of hydrogen-bond acceptors (Lipinski definition) is 5. The topological polar surface area (TPSA) is 104 Å². The molecule has 0 unspecified atom stereocenters. The lowest BCUT2D eigenvalue weighted by Gasteiger charge is -2.11. The predicted molar refractivity (Wildman–Crippen MR) is 92.1 cm³/mol. The first-order valence-corrected chi connectivity index (χ1v) is 7.86. The van der Waals surface area contributed by atoms with Crippen LogP contribution < -0.4 is 10.1 Å². The number of aromatic nitrogens is 3. The molecule has 0 fully saturated rings. The van der Waals surface area contributed by atoms with Crippen molar-refractivity contribution in [3.8, 4) is 23.1 Å². The zero-order chi connectivity index (χ0) is 20.1. The van der Waals surface area contributed by atoms with E-state index in [2.05, 4.69) is 20.5 Å². The van der Waals surface area contributed by atoms with Crippen LogP contribution in [-0.2, 0) is 11.0 Å². The summed E-state index contributed by atoms with van der Waals surface area (Å²) in [5.41, 5.74) is 0.610. The summed E-state index contributed by atoms with van der Waals surface area (Å²) in [5.74, 6) is -0.699. The number of benzene rings is 1. The van der Waals surface area contributed by atoms with E-state index in [0.29, 0.717) is 11.3 Å². The molecule has 10 heteroatoms. The Morgan fingerprint density at radius 3 is 2.79 bits per heavy atom. The van der Waals surface area contributed by atoms with Gasteiger partial charge in [0.25, 0.3) is 5.91 Å². The molecule has 3 aromatic rings. The van der Waals surface area contributed by atoms with Crippen LogP contribution in [0.1, 0.15) is 11.1 Å². The van der Waals surface area contributed by atoms with Gasteiger partial charge in [-0.3, -0.25) is 14.9 Å². The first kappa shape index (κ1) is 18.9. The van der Waals surface area contributed by atoms with Gasteiger partial charge < -0.3 is 10.1 Å². The molecule has 7 nitrogen and oxygen atoms in total. The van der Waals surface area contributed by atoms with Gasteiger partial charge in [0.15, 0.2) is 6.61 Å². The third kappa shape index (κ3) is 4.45. The van der Waals surface area contributed by atoms with E-state index in [-0.39, 0.29) is 17.0 Å². The normalized spacial score (nSPS) is 10.9. The highest BCUT2D eigenvalue weighted by Gasteiger charge is 2.30. The number of nitrogens with zero attached hydrogens (tertiary/aromatic N) is 3. The minimum absolute atomic E-state index is 0.0869. The Balaban J connectivity index is 1.65. The zero-order valence-corrected chi connectivity index (χ0v) is 14.1. The second-order valence-corrected chi connectivity index (χ2v) is 5.58. The van der Waals surface area contributed by atoms with Crippen molar-refractivity contribution in [2.24, 2.45) is 0 Å². The van der Waals surface area contributed by atoms with Gasteiger partial charge in [-0.25, -0.2) is 0 Å². The molecule has 0 saturated heterocycles. The molecular formula is C18H12F3N5O2. The van der Waals surface area contributed by atoms with Crippen LogP contribution in [0.15, 0.2) is 48.9 Å². The van der Waals surface area contributed by atoms with E-state index in [1.165, 1.54) is 30.6 Å². The molecule has 0 aliphatic rings. The van der Waals surface area contributed by atoms with Gasteiger partial charge >= 0.3 is 6.18 Å². The summed E-state index contributed by atoms with van der Waals surface area (Å²) in [6.45, 7) is -0.507. The van der Waals surface area contributed by atoms with Crippen molar-refractivity contribution in [2.45, 2.75) is 6.18 Å². The molecule has 2 N–H and O–H groups in total. The number of carbonyl (C=O) groups excluding carboxylic acids is 1. The fourth-order valence-electron chi connectivity index (χ4n) is 2.34. The molecule has 28 heavy (non-hydrogen) atoms. The van der Waals surface area contributed by atoms with Crippen molar-refractivity contribution in [2.75, 3.05) is 11.9 Å². The molecule has 2 heterocycles. The SMILES string of the molecule is N#Cc1cc(NC(=O)COc2cccc(C(F)(F)F)c2)cnc1-c1cn[nH]c1. The molecule has 0 aliphatic carbocycles. The lowest BCUT2D eigenvalue weighted by Crippen LogP contribution is -2.20. The summed E-state index contributed by atoms with van der Waals surface area (Å²) in [4.78, 5) is 16.1. The van der Waals surface area contributed by atoms with Crippen LogP contribution in [0, 0.1) is 11.3 Å². The lowest BCUT2D eigenvalue weighted by atomic mass is 10.1. The number of pyridine rings is 1. The number of nitrogens with one attached hydrogen (secondary N) is 2. The number of H-pyrrole nitrogens is 1. The molecule has 0 atom stereocenters. The summed E-state index contributed by atoms with van der Waals surface area (Å²) >= 11 is 0. The molecule has 0 aliphatic heterocycles. The highest BCUT2D eigenvalue weighted by Crippen LogP contribution is 2.31. The van der Waals surface area contributed by atoms with Gasteiger partial charge in [-0.05, 0) is 24.3 Å². The number of rotatable bonds is 5. The maximum atomic E-state index is 12.7. The third-order valence-corrected chi connectivity index (χ3v) is 3.59. The average Bonchev–Trinajstić information content (AvgIpc) is 3.20. The number of hydrogen-bond donors (Lipinski definition) is 2. The summed E-state index contributed by atoms with van der Waals surface area (Å²) in [7, 11) is 0. The largest absolute Gasteiger partial charge is 0.484 e. The van der Waals surface area contributed by atoms with Crippen LogP contribution in [-0.4, -0.2) is 27.7 Å². The van der Waals surface area contributed by atoms with E-state index in [0.717, 1.165) is 12.1 Å². The van der Waals surface area contributed by atoms with Crippen LogP contribution in [0.5, 0.6) is 5.75 Å². The molecule has 0 bridgehead atoms. The van der Waals surface area contributed by atoms with Crippen LogP contribution in [0.3, 0.4) is 0 Å². The number of nitriles is 1. The van der Waals surface area contributed by atoms with Crippen molar-refractivity contribution < 1.29 is 22.7 Å². The minimum Gasteiger partial charge on any atom is -0.484 e. The number of aromatic amines is 1. The maximum absolute atomic E-state index is 12.7. The number of ether oxygens (including phenoxy) is 1. The fourth-order valence-corrected chi connectivity index (χ4v) is 2.34. The highest BCUT2D eigenvalue weighted by atomic mass is 19.4. The maximum Gasteiger partial charge on any atom is 0.416 e. The first-order valence-electron chi connectivity index (χ1n) is 7.86. The van der Waals surface area contributed by atoms with E-state index in [4.69, 9.17) is 4.74 Å². The van der Waals surface area contributed by atoms with Gasteiger partial charge in [-0.15, -0.1) is 0 Å². The number of amides is 1. The second kappa shape index (κ2) is 7.79. The zero-order valence-electron chi connectivity index (χ0n) is 14.1. The van der Waals surface area contributed by atoms with Gasteiger partial charge in [0, 0.05) is 11.8 Å². The van der Waals surface area contributed by atoms with Gasteiger partial charge in [0.2, 0.25) is 0 Å². The molecule has 142 valence electrons. The Kier molecular flexibility index (Phi) is 5.26. The van der Waals surface area contributed by atoms with E-state index in [1.807, 2.05) is 6.07 Å². The molecular weight excluding hydrogens is 375 g/mol. The molecule has 1 aromatic carbocycles. The number of carbonyl (C=O) groups is 1. The minimum atomic E-state index is -4.50. The van der Waals surface area contributed by atoms with Crippen LogP contribution in [0.25, 0.3) is 11.3 Å². The monoisotopic (exact) mass is 387 g/mol. The van der Waals surface area contributed by atoms with Gasteiger partial charge in [0.1, 0.15) is 11.8 Å². The fraction of sp³-hybridized carbons (Fsp3) is 0.111. The second-order valence-electron chi connectivity index (χ2n) is 5.58. The number of anilines is 1. The van der Waals surface area contributed by atoms with E-state index >= 15 is 0 Å². The van der Waals surface area contributed by atoms with Crippen molar-refractivity contribution in [3.05, 3.63) is 60.0 Å². The molecule has 3 rings (SSSR count). The van der Waals surface area contributed by atoms with Gasteiger partial charge in [0.05, 0.1) is 34.9 Å². The summed E-state index contributed by atoms with van der Waals surface area (Å²) in [6.07, 6.45) is -0.0717. The van der Waals surface area contributed by atoms with Crippen molar-refractivity contribution in [1.29, 1.82) is 5.26 Å². The summed E-state index contributed by atoms with van der Waals surface area (Å²) in [6, 6.07) is 7.63. The summed E-state index contributed by atoms with van der Waals surface area (Å²) < 4.78 is 43.2.